The number of hydrogen-bond donors (Lipinski definition) is 0. The first-order chi connectivity index (χ1) is 16.9. The van der Waals surface area contributed by atoms with Crippen molar-refractivity contribution in [2.45, 2.75) is 117 Å². The van der Waals surface area contributed by atoms with E-state index in [1.165, 1.54) is 51.4 Å². The van der Waals surface area contributed by atoms with Crippen LogP contribution in [0.3, 0.4) is 0 Å². The van der Waals surface area contributed by atoms with Gasteiger partial charge >= 0.3 is 11.9 Å². The highest BCUT2D eigenvalue weighted by Gasteiger charge is 2.41. The topological polar surface area (TPSA) is 52.6 Å². The quantitative estimate of drug-likeness (QED) is 0.0962. The molecular weight excluding hydrogens is 436 g/mol. The van der Waals surface area contributed by atoms with E-state index in [9.17, 15) is 9.59 Å². The molecule has 2 unspecified atom stereocenters. The van der Waals surface area contributed by atoms with Crippen molar-refractivity contribution >= 4 is 11.9 Å². The SMILES string of the molecule is CCCCCCCCCCCCOC(=O)C(C)(C)C(=O)OC(CC1C=CCCC1)c1ccccc1. The molecule has 1 aliphatic rings. The zero-order valence-electron chi connectivity index (χ0n) is 22.4. The van der Waals surface area contributed by atoms with Gasteiger partial charge in [0.05, 0.1) is 6.61 Å². The van der Waals surface area contributed by atoms with Crippen molar-refractivity contribution in [1.82, 2.24) is 0 Å². The van der Waals surface area contributed by atoms with Crippen LogP contribution in [-0.4, -0.2) is 18.5 Å². The molecule has 0 bridgehead atoms. The van der Waals surface area contributed by atoms with Gasteiger partial charge in [-0.25, -0.2) is 0 Å². The molecular formula is C31H48O4. The Kier molecular flexibility index (Phi) is 13.8. The number of carbonyl (C=O) groups excluding carboxylic acids is 2. The van der Waals surface area contributed by atoms with Crippen molar-refractivity contribution < 1.29 is 19.1 Å². The fraction of sp³-hybridized carbons (Fsp3) is 0.677. The van der Waals surface area contributed by atoms with Gasteiger partial charge in [0.2, 0.25) is 0 Å². The van der Waals surface area contributed by atoms with Crippen LogP contribution in [0.5, 0.6) is 0 Å². The zero-order valence-corrected chi connectivity index (χ0v) is 22.4. The summed E-state index contributed by atoms with van der Waals surface area (Å²) in [6, 6.07) is 9.84. The van der Waals surface area contributed by atoms with Gasteiger partial charge in [-0.2, -0.15) is 0 Å². The largest absolute Gasteiger partial charge is 0.465 e. The molecule has 2 rings (SSSR count). The van der Waals surface area contributed by atoms with Crippen LogP contribution in [0.1, 0.15) is 122 Å². The van der Waals surface area contributed by atoms with Crippen molar-refractivity contribution in [3.8, 4) is 0 Å². The van der Waals surface area contributed by atoms with Gasteiger partial charge in [-0.3, -0.25) is 9.59 Å². The van der Waals surface area contributed by atoms with Gasteiger partial charge in [-0.1, -0.05) is 107 Å². The Labute approximate surface area is 213 Å². The summed E-state index contributed by atoms with van der Waals surface area (Å²) in [7, 11) is 0. The van der Waals surface area contributed by atoms with Crippen LogP contribution in [0.2, 0.25) is 0 Å². The van der Waals surface area contributed by atoms with E-state index < -0.39 is 17.4 Å². The highest BCUT2D eigenvalue weighted by Crippen LogP contribution is 2.33. The van der Waals surface area contributed by atoms with Crippen LogP contribution in [0.15, 0.2) is 42.5 Å². The normalized spacial score (nSPS) is 16.6. The number of rotatable bonds is 17. The summed E-state index contributed by atoms with van der Waals surface area (Å²) in [5.41, 5.74) is -0.358. The van der Waals surface area contributed by atoms with Crippen LogP contribution in [0, 0.1) is 11.3 Å². The standard InChI is InChI=1S/C31H48O4/c1-4-5-6-7-8-9-10-11-12-19-24-34-29(32)31(2,3)30(33)35-28(27-22-17-14-18-23-27)25-26-20-15-13-16-21-26/h14-15,17-18,20,22-23,26,28H,4-13,16,19,21,24-25H2,1-3H3. The van der Waals surface area contributed by atoms with Gasteiger partial charge < -0.3 is 9.47 Å². The Morgan fingerprint density at radius 1 is 0.914 bits per heavy atom. The molecule has 1 aromatic carbocycles. The Hall–Kier alpha value is -2.10. The summed E-state index contributed by atoms with van der Waals surface area (Å²) in [6.07, 6.45) is 20.5. The Bertz CT molecular complexity index is 753. The third-order valence-electron chi connectivity index (χ3n) is 7.04. The second kappa shape index (κ2) is 16.5. The fourth-order valence-electron chi connectivity index (χ4n) is 4.57. The summed E-state index contributed by atoms with van der Waals surface area (Å²) >= 11 is 0. The highest BCUT2D eigenvalue weighted by atomic mass is 16.6. The van der Waals surface area contributed by atoms with E-state index in [1.807, 2.05) is 30.3 Å². The minimum absolute atomic E-state index is 0.362. The number of hydrogen-bond acceptors (Lipinski definition) is 4. The lowest BCUT2D eigenvalue weighted by molar-refractivity contribution is -0.174. The average molecular weight is 485 g/mol. The fourth-order valence-corrected chi connectivity index (χ4v) is 4.57. The smallest absolute Gasteiger partial charge is 0.323 e. The van der Waals surface area contributed by atoms with Crippen LogP contribution < -0.4 is 0 Å². The lowest BCUT2D eigenvalue weighted by atomic mass is 9.88. The summed E-state index contributed by atoms with van der Waals surface area (Å²) in [5.74, 6) is -0.629. The molecule has 0 saturated carbocycles. The third kappa shape index (κ3) is 11.0. The number of esters is 2. The van der Waals surface area contributed by atoms with Crippen molar-refractivity contribution in [3.05, 3.63) is 48.0 Å². The van der Waals surface area contributed by atoms with Gasteiger partial charge in [0.1, 0.15) is 6.10 Å². The van der Waals surface area contributed by atoms with E-state index in [-0.39, 0.29) is 6.10 Å². The van der Waals surface area contributed by atoms with Gasteiger partial charge in [0.25, 0.3) is 0 Å². The first kappa shape index (κ1) is 29.1. The van der Waals surface area contributed by atoms with Crippen LogP contribution in [0.25, 0.3) is 0 Å². The molecule has 196 valence electrons. The van der Waals surface area contributed by atoms with E-state index in [4.69, 9.17) is 9.47 Å². The monoisotopic (exact) mass is 484 g/mol. The molecule has 0 aromatic heterocycles. The first-order valence-corrected chi connectivity index (χ1v) is 14.0. The lowest BCUT2D eigenvalue weighted by Crippen LogP contribution is -2.37. The molecule has 4 heteroatoms. The molecule has 0 radical (unpaired) electrons. The van der Waals surface area contributed by atoms with Crippen LogP contribution >= 0.6 is 0 Å². The molecule has 1 aliphatic carbocycles. The molecule has 0 saturated heterocycles. The molecule has 0 amide bonds. The number of unbranched alkanes of at least 4 members (excludes halogenated alkanes) is 9. The molecule has 2 atom stereocenters. The molecule has 1 aromatic rings. The van der Waals surface area contributed by atoms with E-state index >= 15 is 0 Å². The summed E-state index contributed by atoms with van der Waals surface area (Å²) in [5, 5.41) is 0. The van der Waals surface area contributed by atoms with Gasteiger partial charge in [0.15, 0.2) is 5.41 Å². The lowest BCUT2D eigenvalue weighted by Gasteiger charge is -2.28. The predicted octanol–water partition coefficient (Wildman–Crippen LogP) is 8.51. The second-order valence-corrected chi connectivity index (χ2v) is 10.6. The van der Waals surface area contributed by atoms with Gasteiger partial charge in [-0.15, -0.1) is 0 Å². The number of ether oxygens (including phenoxy) is 2. The van der Waals surface area contributed by atoms with Crippen LogP contribution in [0.4, 0.5) is 0 Å². The zero-order chi connectivity index (χ0) is 25.4. The molecule has 0 spiro atoms. The minimum Gasteiger partial charge on any atom is -0.465 e. The van der Waals surface area contributed by atoms with Crippen LogP contribution in [-0.2, 0) is 19.1 Å². The minimum atomic E-state index is -1.33. The maximum atomic E-state index is 13.1. The van der Waals surface area contributed by atoms with Crippen molar-refractivity contribution in [2.24, 2.45) is 11.3 Å². The van der Waals surface area contributed by atoms with Gasteiger partial charge in [0, 0.05) is 0 Å². The maximum absolute atomic E-state index is 13.1. The predicted molar refractivity (Wildman–Crippen MR) is 143 cm³/mol. The Morgan fingerprint density at radius 2 is 1.54 bits per heavy atom. The summed E-state index contributed by atoms with van der Waals surface area (Å²) in [4.78, 5) is 25.8. The van der Waals surface area contributed by atoms with E-state index in [1.54, 1.807) is 13.8 Å². The van der Waals surface area contributed by atoms with Crippen molar-refractivity contribution in [3.63, 3.8) is 0 Å². The van der Waals surface area contributed by atoms with E-state index in [0.717, 1.165) is 44.1 Å². The summed E-state index contributed by atoms with van der Waals surface area (Å²) < 4.78 is 11.4. The van der Waals surface area contributed by atoms with E-state index in [2.05, 4.69) is 19.1 Å². The van der Waals surface area contributed by atoms with Crippen molar-refractivity contribution in [2.75, 3.05) is 6.61 Å². The molecule has 0 aliphatic heterocycles. The Morgan fingerprint density at radius 3 is 2.14 bits per heavy atom. The maximum Gasteiger partial charge on any atom is 0.323 e. The highest BCUT2D eigenvalue weighted by molar-refractivity contribution is 5.99. The molecule has 35 heavy (non-hydrogen) atoms. The summed E-state index contributed by atoms with van der Waals surface area (Å²) in [6.45, 7) is 5.83. The number of benzene rings is 1. The second-order valence-electron chi connectivity index (χ2n) is 10.6. The molecule has 4 nitrogen and oxygen atoms in total. The number of allylic oxidation sites excluding steroid dienone is 2. The first-order valence-electron chi connectivity index (χ1n) is 14.0. The van der Waals surface area contributed by atoms with Crippen molar-refractivity contribution in [1.29, 1.82) is 0 Å². The average Bonchev–Trinajstić information content (AvgIpc) is 2.87. The van der Waals surface area contributed by atoms with E-state index in [0.29, 0.717) is 12.5 Å². The molecule has 0 N–H and O–H groups in total. The van der Waals surface area contributed by atoms with Gasteiger partial charge in [-0.05, 0) is 57.4 Å². The number of carbonyl (C=O) groups is 2. The third-order valence-corrected chi connectivity index (χ3v) is 7.04. The Balaban J connectivity index is 1.75. The molecule has 0 heterocycles. The molecule has 0 fully saturated rings.